The molecule has 0 bridgehead atoms. The lowest BCUT2D eigenvalue weighted by Gasteiger charge is -2.17. The van der Waals surface area contributed by atoms with Crippen LogP contribution in [0.25, 0.3) is 11.0 Å². The summed E-state index contributed by atoms with van der Waals surface area (Å²) in [4.78, 5) is 30.6. The van der Waals surface area contributed by atoms with Crippen LogP contribution in [0.5, 0.6) is 17.2 Å². The van der Waals surface area contributed by atoms with Crippen molar-refractivity contribution in [3.8, 4) is 17.2 Å². The number of nitrogens with zero attached hydrogens (tertiary/aromatic N) is 2. The zero-order valence-electron chi connectivity index (χ0n) is 20.6. The van der Waals surface area contributed by atoms with Gasteiger partial charge >= 0.3 is 0 Å². The third kappa shape index (κ3) is 5.10. The summed E-state index contributed by atoms with van der Waals surface area (Å²) in [5.74, 6) is 1.36. The van der Waals surface area contributed by atoms with Gasteiger partial charge in [-0.3, -0.25) is 9.59 Å². The molecule has 186 valence electrons. The van der Waals surface area contributed by atoms with Gasteiger partial charge in [-0.25, -0.2) is 4.98 Å². The Kier molecular flexibility index (Phi) is 7.39. The van der Waals surface area contributed by atoms with Crippen molar-refractivity contribution in [1.29, 1.82) is 0 Å². The second-order valence-electron chi connectivity index (χ2n) is 8.07. The average Bonchev–Trinajstić information content (AvgIpc) is 3.26. The van der Waals surface area contributed by atoms with Crippen molar-refractivity contribution in [3.63, 3.8) is 0 Å². The Labute approximate surface area is 209 Å². The van der Waals surface area contributed by atoms with E-state index in [0.29, 0.717) is 34.3 Å². The largest absolute Gasteiger partial charge is 0.493 e. The summed E-state index contributed by atoms with van der Waals surface area (Å²) in [6, 6.07) is 19.4. The zero-order valence-corrected chi connectivity index (χ0v) is 20.6. The highest BCUT2D eigenvalue weighted by Gasteiger charge is 2.21. The number of nitrogens with one attached hydrogen (secondary N) is 2. The molecule has 2 amide bonds. The predicted molar refractivity (Wildman–Crippen MR) is 137 cm³/mol. The van der Waals surface area contributed by atoms with Crippen LogP contribution in [0.1, 0.15) is 29.1 Å². The van der Waals surface area contributed by atoms with Gasteiger partial charge in [0.25, 0.3) is 5.91 Å². The fourth-order valence-corrected chi connectivity index (χ4v) is 4.02. The van der Waals surface area contributed by atoms with Gasteiger partial charge in [-0.2, -0.15) is 0 Å². The molecule has 0 saturated heterocycles. The number of anilines is 1. The maximum atomic E-state index is 13.1. The molecule has 0 fully saturated rings. The Morgan fingerprint density at radius 2 is 1.56 bits per heavy atom. The molecule has 0 aliphatic carbocycles. The smallest absolute Gasteiger partial charge is 0.251 e. The molecule has 1 atom stereocenters. The Hall–Kier alpha value is -4.53. The van der Waals surface area contributed by atoms with E-state index in [1.807, 2.05) is 49.4 Å². The number of para-hydroxylation sites is 2. The van der Waals surface area contributed by atoms with E-state index in [1.165, 1.54) is 21.3 Å². The number of imidazole rings is 1. The summed E-state index contributed by atoms with van der Waals surface area (Å²) in [5.41, 5.74) is 2.56. The van der Waals surface area contributed by atoms with E-state index >= 15 is 0 Å². The van der Waals surface area contributed by atoms with E-state index in [-0.39, 0.29) is 18.4 Å². The summed E-state index contributed by atoms with van der Waals surface area (Å²) in [5, 5.41) is 5.87. The Morgan fingerprint density at radius 1 is 0.917 bits per heavy atom. The minimum Gasteiger partial charge on any atom is -0.493 e. The summed E-state index contributed by atoms with van der Waals surface area (Å²) < 4.78 is 17.9. The number of carbonyl (C=O) groups is 2. The first-order valence-electron chi connectivity index (χ1n) is 11.4. The van der Waals surface area contributed by atoms with Crippen molar-refractivity contribution >= 4 is 28.5 Å². The van der Waals surface area contributed by atoms with Crippen molar-refractivity contribution in [2.24, 2.45) is 0 Å². The number of ether oxygens (including phenoxy) is 3. The van der Waals surface area contributed by atoms with Crippen LogP contribution in [-0.4, -0.2) is 42.7 Å². The number of hydrogen-bond donors (Lipinski definition) is 2. The standard InChI is InChI=1S/C27H28N4O5/c1-17(28-27(33)18-10-6-5-7-11-18)26-30-20-12-8-9-13-21(20)31(26)16-24(32)29-19-14-22(34-2)25(36-4)23(15-19)35-3/h5-15,17H,16H2,1-4H3,(H,28,33)(H,29,32)/t17-/m0/s1. The minimum absolute atomic E-state index is 0.0158. The summed E-state index contributed by atoms with van der Waals surface area (Å²) in [6.07, 6.45) is 0. The quantitative estimate of drug-likeness (QED) is 0.366. The predicted octanol–water partition coefficient (Wildman–Crippen LogP) is 4.19. The first kappa shape index (κ1) is 24.6. The average molecular weight is 489 g/mol. The molecule has 1 heterocycles. The van der Waals surface area contributed by atoms with Crippen LogP contribution >= 0.6 is 0 Å². The maximum Gasteiger partial charge on any atom is 0.251 e. The molecular weight excluding hydrogens is 460 g/mol. The van der Waals surface area contributed by atoms with E-state index in [1.54, 1.807) is 28.8 Å². The van der Waals surface area contributed by atoms with E-state index in [2.05, 4.69) is 10.6 Å². The molecule has 0 unspecified atom stereocenters. The van der Waals surface area contributed by atoms with Crippen LogP contribution < -0.4 is 24.8 Å². The third-order valence-electron chi connectivity index (χ3n) is 5.71. The van der Waals surface area contributed by atoms with Crippen LogP contribution in [0, 0.1) is 0 Å². The molecular formula is C27H28N4O5. The number of carbonyl (C=O) groups excluding carboxylic acids is 2. The number of hydrogen-bond acceptors (Lipinski definition) is 6. The molecule has 1 aromatic heterocycles. The number of rotatable bonds is 9. The number of methoxy groups -OCH3 is 3. The first-order valence-corrected chi connectivity index (χ1v) is 11.4. The molecule has 4 rings (SSSR count). The lowest BCUT2D eigenvalue weighted by Crippen LogP contribution is -2.30. The van der Waals surface area contributed by atoms with Gasteiger partial charge in [0, 0.05) is 23.4 Å². The Morgan fingerprint density at radius 3 is 2.19 bits per heavy atom. The molecule has 3 aromatic carbocycles. The summed E-state index contributed by atoms with van der Waals surface area (Å²) >= 11 is 0. The van der Waals surface area contributed by atoms with Gasteiger partial charge in [0.2, 0.25) is 11.7 Å². The highest BCUT2D eigenvalue weighted by molar-refractivity contribution is 5.95. The second-order valence-corrected chi connectivity index (χ2v) is 8.07. The van der Waals surface area contributed by atoms with Crippen LogP contribution in [0.2, 0.25) is 0 Å². The molecule has 9 heteroatoms. The van der Waals surface area contributed by atoms with Gasteiger partial charge in [0.05, 0.1) is 38.4 Å². The fourth-order valence-electron chi connectivity index (χ4n) is 4.02. The molecule has 0 aliphatic rings. The minimum atomic E-state index is -0.445. The molecule has 0 aliphatic heterocycles. The maximum absolute atomic E-state index is 13.1. The highest BCUT2D eigenvalue weighted by Crippen LogP contribution is 2.40. The lowest BCUT2D eigenvalue weighted by molar-refractivity contribution is -0.116. The van der Waals surface area contributed by atoms with Crippen LogP contribution in [0.3, 0.4) is 0 Å². The molecule has 0 saturated carbocycles. The van der Waals surface area contributed by atoms with Gasteiger partial charge < -0.3 is 29.4 Å². The van der Waals surface area contributed by atoms with E-state index in [4.69, 9.17) is 19.2 Å². The lowest BCUT2D eigenvalue weighted by atomic mass is 10.2. The molecule has 9 nitrogen and oxygen atoms in total. The zero-order chi connectivity index (χ0) is 25.7. The third-order valence-corrected chi connectivity index (χ3v) is 5.71. The fraction of sp³-hybridized carbons (Fsp3) is 0.222. The van der Waals surface area contributed by atoms with Gasteiger partial charge in [-0.1, -0.05) is 30.3 Å². The van der Waals surface area contributed by atoms with Crippen LogP contribution in [0.4, 0.5) is 5.69 Å². The van der Waals surface area contributed by atoms with Crippen LogP contribution in [-0.2, 0) is 11.3 Å². The Balaban J connectivity index is 1.60. The number of amides is 2. The monoisotopic (exact) mass is 488 g/mol. The summed E-state index contributed by atoms with van der Waals surface area (Å²) in [7, 11) is 4.54. The van der Waals surface area contributed by atoms with Gasteiger partial charge in [-0.15, -0.1) is 0 Å². The molecule has 2 N–H and O–H groups in total. The second kappa shape index (κ2) is 10.8. The highest BCUT2D eigenvalue weighted by atomic mass is 16.5. The van der Waals surface area contributed by atoms with E-state index in [0.717, 1.165) is 11.0 Å². The van der Waals surface area contributed by atoms with Crippen LogP contribution in [0.15, 0.2) is 66.7 Å². The molecule has 36 heavy (non-hydrogen) atoms. The Bertz CT molecular complexity index is 1360. The first-order chi connectivity index (χ1) is 17.4. The normalized spacial score (nSPS) is 11.6. The van der Waals surface area contributed by atoms with Crippen molar-refractivity contribution in [3.05, 3.63) is 78.1 Å². The SMILES string of the molecule is COc1cc(NC(=O)Cn2c([C@H](C)NC(=O)c3ccccc3)nc3ccccc32)cc(OC)c1OC. The number of aromatic nitrogens is 2. The molecule has 4 aromatic rings. The van der Waals surface area contributed by atoms with Gasteiger partial charge in [0.1, 0.15) is 12.4 Å². The van der Waals surface area contributed by atoms with Gasteiger partial charge in [-0.05, 0) is 31.2 Å². The van der Waals surface area contributed by atoms with Crippen molar-refractivity contribution in [2.75, 3.05) is 26.6 Å². The number of fused-ring (bicyclic) bond motifs is 1. The van der Waals surface area contributed by atoms with Crippen molar-refractivity contribution in [1.82, 2.24) is 14.9 Å². The van der Waals surface area contributed by atoms with E-state index in [9.17, 15) is 9.59 Å². The van der Waals surface area contributed by atoms with Gasteiger partial charge in [0.15, 0.2) is 11.5 Å². The molecule has 0 radical (unpaired) electrons. The van der Waals surface area contributed by atoms with Crippen molar-refractivity contribution in [2.45, 2.75) is 19.5 Å². The van der Waals surface area contributed by atoms with Crippen molar-refractivity contribution < 1.29 is 23.8 Å². The summed E-state index contributed by atoms with van der Waals surface area (Å²) in [6.45, 7) is 1.83. The topological polar surface area (TPSA) is 104 Å². The molecule has 0 spiro atoms. The number of benzene rings is 3. The van der Waals surface area contributed by atoms with E-state index < -0.39 is 6.04 Å².